The van der Waals surface area contributed by atoms with Crippen LogP contribution in [0.1, 0.15) is 5.56 Å². The number of aromatic hydroxyl groups is 1. The molecule has 0 heterocycles. The Kier molecular flexibility index (Phi) is 7.08. The number of hydrogen-bond donors (Lipinski definition) is 3. The summed E-state index contributed by atoms with van der Waals surface area (Å²) in [6.07, 6.45) is 2.10. The first-order valence-corrected chi connectivity index (χ1v) is 8.89. The van der Waals surface area contributed by atoms with Crippen LogP contribution >= 0.6 is 43.5 Å². The number of carbonyl (C=O) groups is 1. The molecule has 0 saturated heterocycles. The molecule has 0 radical (unpaired) electrons. The molecule has 2 aromatic carbocycles. The van der Waals surface area contributed by atoms with Gasteiger partial charge >= 0.3 is 0 Å². The minimum absolute atomic E-state index is 0.106. The van der Waals surface area contributed by atoms with Crippen LogP contribution in [0.4, 0.5) is 5.69 Å². The van der Waals surface area contributed by atoms with Crippen molar-refractivity contribution in [3.05, 3.63) is 55.9 Å². The van der Waals surface area contributed by atoms with Crippen LogP contribution in [0.25, 0.3) is 0 Å². The van der Waals surface area contributed by atoms with Crippen LogP contribution < -0.4 is 10.7 Å². The number of nitrogens with one attached hydrogen (secondary N) is 2. The van der Waals surface area contributed by atoms with Gasteiger partial charge in [-0.2, -0.15) is 5.10 Å². The quantitative estimate of drug-likeness (QED) is 0.430. The van der Waals surface area contributed by atoms with Gasteiger partial charge in [0.15, 0.2) is 0 Å². The van der Waals surface area contributed by atoms with Crippen molar-refractivity contribution in [3.63, 3.8) is 0 Å². The molecule has 3 N–H and O–H groups in total. The zero-order valence-electron chi connectivity index (χ0n) is 12.4. The van der Waals surface area contributed by atoms with E-state index in [4.69, 9.17) is 11.6 Å². The van der Waals surface area contributed by atoms with Crippen molar-refractivity contribution in [2.24, 2.45) is 5.10 Å². The molecule has 0 aliphatic carbocycles. The molecule has 2 rings (SSSR count). The molecule has 5 nitrogen and oxygen atoms in total. The lowest BCUT2D eigenvalue weighted by atomic mass is 10.1. The molecule has 8 heteroatoms. The second-order valence-electron chi connectivity index (χ2n) is 4.82. The molecule has 0 fully saturated rings. The molecule has 0 aliphatic heterocycles. The van der Waals surface area contributed by atoms with Gasteiger partial charge in [0, 0.05) is 23.3 Å². The van der Waals surface area contributed by atoms with Crippen molar-refractivity contribution in [1.82, 2.24) is 5.43 Å². The lowest BCUT2D eigenvalue weighted by molar-refractivity contribution is -0.119. The Morgan fingerprint density at radius 2 is 1.83 bits per heavy atom. The van der Waals surface area contributed by atoms with Gasteiger partial charge in [-0.1, -0.05) is 11.6 Å². The van der Waals surface area contributed by atoms with Crippen LogP contribution in [0, 0.1) is 0 Å². The lowest BCUT2D eigenvalue weighted by Crippen LogP contribution is -2.25. The standard InChI is InChI=1S/C16H14Br2ClN3O2/c17-13-7-10(8-14(18)16(13)24)5-6-21-22-15(23)9-20-12-3-1-11(19)2-4-12/h1-4,6-8,20,24H,5,9H2,(H,22,23)/b21-6+. The number of benzene rings is 2. The van der Waals surface area contributed by atoms with Crippen molar-refractivity contribution in [2.75, 3.05) is 11.9 Å². The number of amides is 1. The molecule has 0 spiro atoms. The van der Waals surface area contributed by atoms with E-state index in [1.165, 1.54) is 0 Å². The van der Waals surface area contributed by atoms with E-state index in [2.05, 4.69) is 47.7 Å². The molecular weight excluding hydrogens is 461 g/mol. The van der Waals surface area contributed by atoms with Gasteiger partial charge < -0.3 is 10.4 Å². The van der Waals surface area contributed by atoms with E-state index < -0.39 is 0 Å². The number of carbonyl (C=O) groups excluding carboxylic acids is 1. The maximum Gasteiger partial charge on any atom is 0.259 e. The minimum Gasteiger partial charge on any atom is -0.506 e. The highest BCUT2D eigenvalue weighted by Crippen LogP contribution is 2.33. The number of anilines is 1. The molecule has 126 valence electrons. The average Bonchev–Trinajstić information content (AvgIpc) is 2.56. The Labute approximate surface area is 161 Å². The topological polar surface area (TPSA) is 73.7 Å². The molecule has 1 amide bonds. The largest absolute Gasteiger partial charge is 0.506 e. The summed E-state index contributed by atoms with van der Waals surface area (Å²) in [6, 6.07) is 10.6. The van der Waals surface area contributed by atoms with Crippen LogP contribution in [-0.2, 0) is 11.2 Å². The summed E-state index contributed by atoms with van der Waals surface area (Å²) in [5, 5.41) is 17.1. The normalized spacial score (nSPS) is 10.8. The molecular formula is C16H14Br2ClN3O2. The van der Waals surface area contributed by atoms with Crippen molar-refractivity contribution in [2.45, 2.75) is 6.42 Å². The van der Waals surface area contributed by atoms with Crippen LogP contribution in [0.2, 0.25) is 5.02 Å². The zero-order valence-corrected chi connectivity index (χ0v) is 16.3. The molecule has 2 aromatic rings. The maximum atomic E-state index is 11.7. The van der Waals surface area contributed by atoms with Gasteiger partial charge in [-0.05, 0) is 73.8 Å². The monoisotopic (exact) mass is 473 g/mol. The minimum atomic E-state index is -0.255. The number of halogens is 3. The molecule has 0 bridgehead atoms. The van der Waals surface area contributed by atoms with E-state index in [1.807, 2.05) is 0 Å². The van der Waals surface area contributed by atoms with E-state index in [-0.39, 0.29) is 18.2 Å². The highest BCUT2D eigenvalue weighted by atomic mass is 79.9. The Balaban J connectivity index is 1.77. The Bertz CT molecular complexity index is 728. The van der Waals surface area contributed by atoms with Crippen molar-refractivity contribution < 1.29 is 9.90 Å². The fraction of sp³-hybridized carbons (Fsp3) is 0.125. The SMILES string of the molecule is O=C(CNc1ccc(Cl)cc1)N/N=C/Cc1cc(Br)c(O)c(Br)c1. The summed E-state index contributed by atoms with van der Waals surface area (Å²) in [5.41, 5.74) is 4.18. The van der Waals surface area contributed by atoms with E-state index in [0.717, 1.165) is 11.3 Å². The summed E-state index contributed by atoms with van der Waals surface area (Å²) in [4.78, 5) is 11.7. The third-order valence-corrected chi connectivity index (χ3v) is 4.44. The molecule has 0 saturated carbocycles. The summed E-state index contributed by atoms with van der Waals surface area (Å²) in [5.74, 6) is -0.105. The van der Waals surface area contributed by atoms with Crippen molar-refractivity contribution in [1.29, 1.82) is 0 Å². The molecule has 0 unspecified atom stereocenters. The molecule has 0 atom stereocenters. The molecule has 0 aliphatic rings. The first-order valence-electron chi connectivity index (χ1n) is 6.92. The van der Waals surface area contributed by atoms with Crippen molar-refractivity contribution in [3.8, 4) is 5.75 Å². The average molecular weight is 476 g/mol. The van der Waals surface area contributed by atoms with Gasteiger partial charge in [0.25, 0.3) is 5.91 Å². The summed E-state index contributed by atoms with van der Waals surface area (Å²) in [6.45, 7) is 0.106. The van der Waals surface area contributed by atoms with Gasteiger partial charge in [-0.15, -0.1) is 0 Å². The predicted octanol–water partition coefficient (Wildman–Crippen LogP) is 4.33. The smallest absolute Gasteiger partial charge is 0.259 e. The van der Waals surface area contributed by atoms with Crippen LogP contribution in [0.15, 0.2) is 50.4 Å². The fourth-order valence-corrected chi connectivity index (χ4v) is 3.20. The number of hydrogen-bond acceptors (Lipinski definition) is 4. The maximum absolute atomic E-state index is 11.7. The Morgan fingerprint density at radius 3 is 2.46 bits per heavy atom. The predicted molar refractivity (Wildman–Crippen MR) is 104 cm³/mol. The second-order valence-corrected chi connectivity index (χ2v) is 6.96. The van der Waals surface area contributed by atoms with Gasteiger partial charge in [0.2, 0.25) is 0 Å². The summed E-state index contributed by atoms with van der Waals surface area (Å²) < 4.78 is 1.19. The summed E-state index contributed by atoms with van der Waals surface area (Å²) >= 11 is 12.3. The number of hydrazone groups is 1. The highest BCUT2D eigenvalue weighted by Gasteiger charge is 2.05. The second kappa shape index (κ2) is 9.05. The van der Waals surface area contributed by atoms with E-state index >= 15 is 0 Å². The van der Waals surface area contributed by atoms with Gasteiger partial charge in [-0.3, -0.25) is 4.79 Å². The lowest BCUT2D eigenvalue weighted by Gasteiger charge is -2.05. The zero-order chi connectivity index (χ0) is 17.5. The van der Waals surface area contributed by atoms with E-state index in [0.29, 0.717) is 20.4 Å². The van der Waals surface area contributed by atoms with Crippen molar-refractivity contribution >= 4 is 61.3 Å². The number of nitrogens with zero attached hydrogens (tertiary/aromatic N) is 1. The number of phenolic OH excluding ortho intramolecular Hbond substituents is 1. The fourth-order valence-electron chi connectivity index (χ4n) is 1.79. The molecule has 24 heavy (non-hydrogen) atoms. The Hall–Kier alpha value is -1.57. The van der Waals surface area contributed by atoms with Gasteiger partial charge in [0.05, 0.1) is 15.5 Å². The first-order chi connectivity index (χ1) is 11.5. The number of phenols is 1. The first kappa shape index (κ1) is 18.8. The highest BCUT2D eigenvalue weighted by molar-refractivity contribution is 9.11. The van der Waals surface area contributed by atoms with Crippen LogP contribution in [-0.4, -0.2) is 23.8 Å². The van der Waals surface area contributed by atoms with Gasteiger partial charge in [-0.25, -0.2) is 5.43 Å². The number of rotatable bonds is 6. The van der Waals surface area contributed by atoms with Crippen LogP contribution in [0.5, 0.6) is 5.75 Å². The van der Waals surface area contributed by atoms with E-state index in [9.17, 15) is 9.90 Å². The summed E-state index contributed by atoms with van der Waals surface area (Å²) in [7, 11) is 0. The van der Waals surface area contributed by atoms with Crippen LogP contribution in [0.3, 0.4) is 0 Å². The van der Waals surface area contributed by atoms with Gasteiger partial charge in [0.1, 0.15) is 5.75 Å². The Morgan fingerprint density at radius 1 is 1.21 bits per heavy atom. The third-order valence-electron chi connectivity index (χ3n) is 2.98. The third kappa shape index (κ3) is 5.81. The van der Waals surface area contributed by atoms with E-state index in [1.54, 1.807) is 42.6 Å². The molecule has 0 aromatic heterocycles.